The van der Waals surface area contributed by atoms with Crippen LogP contribution in [0.4, 0.5) is 5.69 Å². The van der Waals surface area contributed by atoms with Gasteiger partial charge in [0.15, 0.2) is 6.61 Å². The molecule has 1 heterocycles. The minimum atomic E-state index is -0.522. The van der Waals surface area contributed by atoms with Crippen molar-refractivity contribution in [3.05, 3.63) is 28.2 Å². The number of carbonyl (C=O) groups excluding carboxylic acids is 3. The molecular formula is C18H20Cl2N2O4. The van der Waals surface area contributed by atoms with Crippen molar-refractivity contribution in [2.75, 3.05) is 18.5 Å². The average Bonchev–Trinajstić information content (AvgIpc) is 3.26. The van der Waals surface area contributed by atoms with Gasteiger partial charge in [-0.15, -0.1) is 0 Å². The lowest BCUT2D eigenvalue weighted by molar-refractivity contribution is -0.151. The molecule has 1 aromatic carbocycles. The summed E-state index contributed by atoms with van der Waals surface area (Å²) in [5, 5.41) is 3.09. The number of likely N-dealkylation sites (tertiary alicyclic amines) is 1. The Morgan fingerprint density at radius 2 is 1.96 bits per heavy atom. The molecule has 0 aromatic heterocycles. The van der Waals surface area contributed by atoms with E-state index in [2.05, 4.69) is 5.32 Å². The van der Waals surface area contributed by atoms with Crippen LogP contribution in [0.1, 0.15) is 32.1 Å². The number of carbonyl (C=O) groups is 3. The van der Waals surface area contributed by atoms with E-state index < -0.39 is 24.4 Å². The quantitative estimate of drug-likeness (QED) is 0.772. The van der Waals surface area contributed by atoms with E-state index in [-0.39, 0.29) is 23.4 Å². The highest BCUT2D eigenvalue weighted by Gasteiger charge is 2.39. The number of rotatable bonds is 5. The van der Waals surface area contributed by atoms with Gasteiger partial charge in [-0.05, 0) is 25.0 Å². The first-order valence-electron chi connectivity index (χ1n) is 8.65. The predicted octanol–water partition coefficient (Wildman–Crippen LogP) is 3.27. The first-order valence-corrected chi connectivity index (χ1v) is 9.41. The van der Waals surface area contributed by atoms with Gasteiger partial charge in [0, 0.05) is 19.0 Å². The molecule has 0 radical (unpaired) electrons. The maximum Gasteiger partial charge on any atom is 0.311 e. The molecule has 8 heteroatoms. The van der Waals surface area contributed by atoms with Gasteiger partial charge in [0.05, 0.1) is 21.7 Å². The highest BCUT2D eigenvalue weighted by molar-refractivity contribution is 6.44. The molecular weight excluding hydrogens is 379 g/mol. The van der Waals surface area contributed by atoms with Crippen molar-refractivity contribution < 1.29 is 19.1 Å². The van der Waals surface area contributed by atoms with Crippen LogP contribution in [-0.4, -0.2) is 41.9 Å². The largest absolute Gasteiger partial charge is 0.455 e. The molecule has 3 rings (SSSR count). The second kappa shape index (κ2) is 8.27. The molecule has 1 aromatic rings. The van der Waals surface area contributed by atoms with Crippen LogP contribution in [0.25, 0.3) is 0 Å². The van der Waals surface area contributed by atoms with Crippen LogP contribution in [0.15, 0.2) is 18.2 Å². The van der Waals surface area contributed by atoms with Gasteiger partial charge >= 0.3 is 5.97 Å². The summed E-state index contributed by atoms with van der Waals surface area (Å²) in [4.78, 5) is 38.1. The second-order valence-corrected chi connectivity index (χ2v) is 7.43. The maximum atomic E-state index is 12.2. The fraction of sp³-hybridized carbons (Fsp3) is 0.500. The van der Waals surface area contributed by atoms with Crippen molar-refractivity contribution >= 4 is 46.7 Å². The van der Waals surface area contributed by atoms with Crippen molar-refractivity contribution in [1.82, 2.24) is 4.90 Å². The lowest BCUT2D eigenvalue weighted by atomic mass is 10.1. The number of nitrogens with one attached hydrogen (secondary N) is 1. The molecule has 0 bridgehead atoms. The molecule has 0 spiro atoms. The highest BCUT2D eigenvalue weighted by atomic mass is 35.5. The zero-order valence-corrected chi connectivity index (χ0v) is 15.7. The third-order valence-corrected chi connectivity index (χ3v) is 5.65. The molecule has 1 aliphatic heterocycles. The molecule has 1 N–H and O–H groups in total. The number of amides is 2. The fourth-order valence-corrected chi connectivity index (χ4v) is 3.85. The molecule has 2 aliphatic rings. The number of ether oxygens (including phenoxy) is 1. The number of nitrogens with zero attached hydrogens (tertiary/aromatic N) is 1. The van der Waals surface area contributed by atoms with Gasteiger partial charge in [-0.3, -0.25) is 14.4 Å². The first kappa shape index (κ1) is 19.0. The Hall–Kier alpha value is -1.79. The Morgan fingerprint density at radius 3 is 2.69 bits per heavy atom. The molecule has 2 amide bonds. The lowest BCUT2D eigenvalue weighted by Crippen LogP contribution is -2.35. The maximum absolute atomic E-state index is 12.2. The van der Waals surface area contributed by atoms with Crippen molar-refractivity contribution in [3.63, 3.8) is 0 Å². The molecule has 1 aliphatic carbocycles. The van der Waals surface area contributed by atoms with E-state index >= 15 is 0 Å². The molecule has 1 saturated heterocycles. The molecule has 6 nitrogen and oxygen atoms in total. The zero-order valence-electron chi connectivity index (χ0n) is 14.2. The van der Waals surface area contributed by atoms with Crippen LogP contribution in [-0.2, 0) is 19.1 Å². The van der Waals surface area contributed by atoms with Gasteiger partial charge in [0.25, 0.3) is 5.91 Å². The van der Waals surface area contributed by atoms with E-state index in [1.807, 2.05) is 0 Å². The van der Waals surface area contributed by atoms with Gasteiger partial charge in [-0.2, -0.15) is 0 Å². The van der Waals surface area contributed by atoms with E-state index in [1.165, 1.54) is 0 Å². The van der Waals surface area contributed by atoms with Gasteiger partial charge in [-0.25, -0.2) is 0 Å². The summed E-state index contributed by atoms with van der Waals surface area (Å²) in [6, 6.07) is 5.10. The summed E-state index contributed by atoms with van der Waals surface area (Å²) in [7, 11) is 0. The first-order chi connectivity index (χ1) is 12.5. The molecule has 2 fully saturated rings. The third kappa shape index (κ3) is 4.30. The van der Waals surface area contributed by atoms with Gasteiger partial charge < -0.3 is 15.0 Å². The molecule has 1 saturated carbocycles. The van der Waals surface area contributed by atoms with Crippen molar-refractivity contribution in [2.45, 2.75) is 38.1 Å². The number of halogens is 2. The van der Waals surface area contributed by atoms with E-state index in [0.717, 1.165) is 25.7 Å². The fourth-order valence-electron chi connectivity index (χ4n) is 3.50. The number of hydrogen-bond donors (Lipinski definition) is 1. The second-order valence-electron chi connectivity index (χ2n) is 6.64. The van der Waals surface area contributed by atoms with E-state index in [0.29, 0.717) is 17.3 Å². The number of benzene rings is 1. The van der Waals surface area contributed by atoms with Crippen LogP contribution < -0.4 is 5.32 Å². The predicted molar refractivity (Wildman–Crippen MR) is 98.1 cm³/mol. The minimum Gasteiger partial charge on any atom is -0.455 e. The van der Waals surface area contributed by atoms with Crippen molar-refractivity contribution in [3.8, 4) is 0 Å². The molecule has 140 valence electrons. The number of anilines is 1. The molecule has 0 unspecified atom stereocenters. The Balaban J connectivity index is 1.48. The van der Waals surface area contributed by atoms with Crippen LogP contribution in [0.3, 0.4) is 0 Å². The van der Waals surface area contributed by atoms with Gasteiger partial charge in [-0.1, -0.05) is 42.1 Å². The SMILES string of the molecule is O=C(COC(=O)[C@@H]1CC(=O)N(C2CCCC2)C1)Nc1cccc(Cl)c1Cl. The Bertz CT molecular complexity index is 719. The number of hydrogen-bond acceptors (Lipinski definition) is 4. The standard InChI is InChI=1S/C18H20Cl2N2O4/c19-13-6-3-7-14(17(13)20)21-15(23)10-26-18(25)11-8-16(24)22(9-11)12-4-1-2-5-12/h3,6-7,11-12H,1-2,4-5,8-10H2,(H,21,23)/t11-/m1/s1. The Labute approximate surface area is 161 Å². The number of esters is 1. The monoisotopic (exact) mass is 398 g/mol. The summed E-state index contributed by atoms with van der Waals surface area (Å²) in [5.41, 5.74) is 0.351. The normalized spacial score (nSPS) is 20.5. The van der Waals surface area contributed by atoms with Crippen molar-refractivity contribution in [1.29, 1.82) is 0 Å². The Morgan fingerprint density at radius 1 is 1.23 bits per heavy atom. The van der Waals surface area contributed by atoms with E-state index in [4.69, 9.17) is 27.9 Å². The van der Waals surface area contributed by atoms with Gasteiger partial charge in [0.1, 0.15) is 0 Å². The van der Waals surface area contributed by atoms with Crippen molar-refractivity contribution in [2.24, 2.45) is 5.92 Å². The summed E-state index contributed by atoms with van der Waals surface area (Å²) < 4.78 is 5.08. The van der Waals surface area contributed by atoms with Crippen LogP contribution in [0, 0.1) is 5.92 Å². The van der Waals surface area contributed by atoms with Crippen LogP contribution in [0.2, 0.25) is 10.0 Å². The minimum absolute atomic E-state index is 0.00555. The lowest BCUT2D eigenvalue weighted by Gasteiger charge is -2.23. The topological polar surface area (TPSA) is 75.7 Å². The molecule has 26 heavy (non-hydrogen) atoms. The summed E-state index contributed by atoms with van der Waals surface area (Å²) in [6.45, 7) is -0.0557. The average molecular weight is 399 g/mol. The van der Waals surface area contributed by atoms with E-state index in [9.17, 15) is 14.4 Å². The van der Waals surface area contributed by atoms with Crippen LogP contribution in [0.5, 0.6) is 0 Å². The zero-order chi connectivity index (χ0) is 18.7. The summed E-state index contributed by atoms with van der Waals surface area (Å²) in [6.07, 6.45) is 4.38. The Kier molecular flexibility index (Phi) is 6.04. The van der Waals surface area contributed by atoms with Gasteiger partial charge in [0.2, 0.25) is 5.91 Å². The molecule has 1 atom stereocenters. The van der Waals surface area contributed by atoms with E-state index in [1.54, 1.807) is 23.1 Å². The highest BCUT2D eigenvalue weighted by Crippen LogP contribution is 2.30. The summed E-state index contributed by atoms with van der Waals surface area (Å²) >= 11 is 11.9. The van der Waals surface area contributed by atoms with Crippen LogP contribution >= 0.6 is 23.2 Å². The smallest absolute Gasteiger partial charge is 0.311 e. The summed E-state index contributed by atoms with van der Waals surface area (Å²) in [5.74, 6) is -1.55. The third-order valence-electron chi connectivity index (χ3n) is 4.83.